The molecule has 148 valence electrons. The summed E-state index contributed by atoms with van der Waals surface area (Å²) in [5, 5.41) is 4.87. The van der Waals surface area contributed by atoms with Gasteiger partial charge in [0.2, 0.25) is 10.0 Å². The molecule has 0 atom stereocenters. The lowest BCUT2D eigenvalue weighted by Crippen LogP contribution is -2.30. The number of nitrogens with one attached hydrogen (secondary N) is 1. The van der Waals surface area contributed by atoms with E-state index in [1.165, 1.54) is 4.68 Å². The number of sulfonamides is 1. The highest BCUT2D eigenvalue weighted by Gasteiger charge is 2.23. The number of aryl methyl sites for hydroxylation is 3. The maximum atomic E-state index is 12.7. The SMILES string of the molecule is Cc1cc(Cl)c(C)c(S(=O)(=O)NCCCn2nc3n(c2=O)CCCC3)c1Cl. The van der Waals surface area contributed by atoms with Crippen molar-refractivity contribution in [1.29, 1.82) is 0 Å². The van der Waals surface area contributed by atoms with Gasteiger partial charge in [-0.2, -0.15) is 5.10 Å². The minimum atomic E-state index is -3.81. The first-order valence-corrected chi connectivity index (χ1v) is 11.1. The van der Waals surface area contributed by atoms with Crippen molar-refractivity contribution in [2.45, 2.75) is 57.5 Å². The summed E-state index contributed by atoms with van der Waals surface area (Å²) in [5.74, 6) is 0.809. The summed E-state index contributed by atoms with van der Waals surface area (Å²) in [5.41, 5.74) is 0.887. The number of hydrogen-bond acceptors (Lipinski definition) is 4. The van der Waals surface area contributed by atoms with Crippen LogP contribution in [0.4, 0.5) is 0 Å². The molecule has 0 saturated heterocycles. The van der Waals surface area contributed by atoms with Gasteiger partial charge < -0.3 is 0 Å². The van der Waals surface area contributed by atoms with Crippen molar-refractivity contribution in [2.75, 3.05) is 6.54 Å². The summed E-state index contributed by atoms with van der Waals surface area (Å²) in [6.45, 7) is 4.55. The van der Waals surface area contributed by atoms with Crippen LogP contribution in [0.3, 0.4) is 0 Å². The van der Waals surface area contributed by atoms with Crippen LogP contribution in [0.2, 0.25) is 10.0 Å². The lowest BCUT2D eigenvalue weighted by Gasteiger charge is -2.14. The quantitative estimate of drug-likeness (QED) is 0.710. The van der Waals surface area contributed by atoms with Crippen molar-refractivity contribution in [3.63, 3.8) is 0 Å². The van der Waals surface area contributed by atoms with Gasteiger partial charge in [0.25, 0.3) is 0 Å². The largest absolute Gasteiger partial charge is 0.345 e. The molecule has 1 aromatic heterocycles. The van der Waals surface area contributed by atoms with Crippen molar-refractivity contribution in [3.05, 3.63) is 43.5 Å². The van der Waals surface area contributed by atoms with Crippen molar-refractivity contribution >= 4 is 33.2 Å². The van der Waals surface area contributed by atoms with E-state index in [0.29, 0.717) is 35.7 Å². The monoisotopic (exact) mass is 432 g/mol. The normalized spacial score (nSPS) is 14.4. The molecule has 2 heterocycles. The van der Waals surface area contributed by atoms with Crippen LogP contribution in [-0.4, -0.2) is 29.3 Å². The average molecular weight is 433 g/mol. The summed E-state index contributed by atoms with van der Waals surface area (Å²) in [7, 11) is -3.81. The molecule has 10 heteroatoms. The fraction of sp³-hybridized carbons (Fsp3) is 0.529. The van der Waals surface area contributed by atoms with E-state index in [1.54, 1.807) is 24.5 Å². The molecular weight excluding hydrogens is 411 g/mol. The predicted octanol–water partition coefficient (Wildman–Crippen LogP) is 2.67. The second kappa shape index (κ2) is 7.95. The molecule has 0 unspecified atom stereocenters. The summed E-state index contributed by atoms with van der Waals surface area (Å²) in [6, 6.07) is 1.64. The Morgan fingerprint density at radius 1 is 1.26 bits per heavy atom. The van der Waals surface area contributed by atoms with E-state index in [1.807, 2.05) is 0 Å². The van der Waals surface area contributed by atoms with Crippen molar-refractivity contribution < 1.29 is 8.42 Å². The summed E-state index contributed by atoms with van der Waals surface area (Å²) in [4.78, 5) is 12.3. The molecule has 0 bridgehead atoms. The minimum Gasteiger partial charge on any atom is -0.279 e. The standard InChI is InChI=1S/C17H22Cl2N4O3S/c1-11-10-13(18)12(2)16(15(11)19)27(25,26)20-7-5-9-23-17(24)22-8-4-3-6-14(22)21-23/h10,20H,3-9H2,1-2H3. The van der Waals surface area contributed by atoms with E-state index < -0.39 is 10.0 Å². The molecular formula is C17H22Cl2N4O3S. The number of rotatable bonds is 6. The molecule has 0 aliphatic carbocycles. The maximum Gasteiger partial charge on any atom is 0.345 e. The highest BCUT2D eigenvalue weighted by Crippen LogP contribution is 2.33. The Morgan fingerprint density at radius 2 is 2.00 bits per heavy atom. The Kier molecular flexibility index (Phi) is 6.00. The molecule has 1 aliphatic rings. The van der Waals surface area contributed by atoms with E-state index in [4.69, 9.17) is 23.2 Å². The highest BCUT2D eigenvalue weighted by atomic mass is 35.5. The molecule has 3 rings (SSSR count). The zero-order chi connectivity index (χ0) is 19.8. The van der Waals surface area contributed by atoms with Gasteiger partial charge in [-0.3, -0.25) is 4.57 Å². The van der Waals surface area contributed by atoms with E-state index in [9.17, 15) is 13.2 Å². The fourth-order valence-electron chi connectivity index (χ4n) is 3.24. The Hall–Kier alpha value is -1.35. The molecule has 1 N–H and O–H groups in total. The number of hydrogen-bond donors (Lipinski definition) is 1. The van der Waals surface area contributed by atoms with Gasteiger partial charge in [0.15, 0.2) is 0 Å². The smallest absolute Gasteiger partial charge is 0.279 e. The fourth-order valence-corrected chi connectivity index (χ4v) is 5.52. The number of fused-ring (bicyclic) bond motifs is 1. The molecule has 0 spiro atoms. The number of nitrogens with zero attached hydrogens (tertiary/aromatic N) is 3. The first kappa shape index (κ1) is 20.4. The van der Waals surface area contributed by atoms with Crippen LogP contribution in [0.5, 0.6) is 0 Å². The van der Waals surface area contributed by atoms with Crippen LogP contribution < -0.4 is 10.4 Å². The van der Waals surface area contributed by atoms with Gasteiger partial charge in [-0.1, -0.05) is 23.2 Å². The third kappa shape index (κ3) is 4.08. The van der Waals surface area contributed by atoms with Crippen molar-refractivity contribution in [3.8, 4) is 0 Å². The second-order valence-electron chi connectivity index (χ2n) is 6.73. The molecule has 0 saturated carbocycles. The third-order valence-electron chi connectivity index (χ3n) is 4.73. The van der Waals surface area contributed by atoms with Crippen LogP contribution in [0.15, 0.2) is 15.8 Å². The van der Waals surface area contributed by atoms with Crippen LogP contribution >= 0.6 is 23.2 Å². The molecule has 2 aromatic rings. The topological polar surface area (TPSA) is 86.0 Å². The van der Waals surface area contributed by atoms with E-state index >= 15 is 0 Å². The zero-order valence-corrected chi connectivity index (χ0v) is 17.6. The predicted molar refractivity (Wildman–Crippen MR) is 105 cm³/mol. The molecule has 0 amide bonds. The molecule has 27 heavy (non-hydrogen) atoms. The first-order chi connectivity index (χ1) is 12.7. The van der Waals surface area contributed by atoms with E-state index in [0.717, 1.165) is 25.1 Å². The highest BCUT2D eigenvalue weighted by molar-refractivity contribution is 7.89. The first-order valence-electron chi connectivity index (χ1n) is 8.84. The molecule has 1 aliphatic heterocycles. The lowest BCUT2D eigenvalue weighted by molar-refractivity contribution is 0.508. The van der Waals surface area contributed by atoms with Gasteiger partial charge in [-0.25, -0.2) is 22.6 Å². The van der Waals surface area contributed by atoms with Gasteiger partial charge in [0.05, 0.1) is 5.02 Å². The summed E-state index contributed by atoms with van der Waals surface area (Å²) >= 11 is 12.3. The van der Waals surface area contributed by atoms with Crippen LogP contribution in [0.1, 0.15) is 36.2 Å². The van der Waals surface area contributed by atoms with Crippen molar-refractivity contribution in [1.82, 2.24) is 19.1 Å². The number of aromatic nitrogens is 3. The third-order valence-corrected chi connectivity index (χ3v) is 7.35. The lowest BCUT2D eigenvalue weighted by atomic mass is 10.2. The van der Waals surface area contributed by atoms with Crippen LogP contribution in [0, 0.1) is 13.8 Å². The van der Waals surface area contributed by atoms with Crippen LogP contribution in [-0.2, 0) is 29.5 Å². The van der Waals surface area contributed by atoms with E-state index in [2.05, 4.69) is 9.82 Å². The van der Waals surface area contributed by atoms with Gasteiger partial charge in [-0.05, 0) is 50.3 Å². The molecule has 1 aromatic carbocycles. The molecule has 0 fully saturated rings. The summed E-state index contributed by atoms with van der Waals surface area (Å²) < 4.78 is 31.0. The Balaban J connectivity index is 1.68. The Morgan fingerprint density at radius 3 is 2.70 bits per heavy atom. The maximum absolute atomic E-state index is 12.7. The van der Waals surface area contributed by atoms with Gasteiger partial charge in [0.1, 0.15) is 10.7 Å². The number of halogens is 2. The van der Waals surface area contributed by atoms with Gasteiger partial charge in [-0.15, -0.1) is 0 Å². The molecule has 0 radical (unpaired) electrons. The Bertz CT molecular complexity index is 1000. The van der Waals surface area contributed by atoms with Crippen molar-refractivity contribution in [2.24, 2.45) is 0 Å². The van der Waals surface area contributed by atoms with Gasteiger partial charge >= 0.3 is 5.69 Å². The average Bonchev–Trinajstić information content (AvgIpc) is 2.93. The Labute approximate surface area is 168 Å². The number of benzene rings is 1. The second-order valence-corrected chi connectivity index (χ2v) is 9.21. The van der Waals surface area contributed by atoms with E-state index in [-0.39, 0.29) is 22.2 Å². The molecule has 7 nitrogen and oxygen atoms in total. The minimum absolute atomic E-state index is 0.00351. The summed E-state index contributed by atoms with van der Waals surface area (Å²) in [6.07, 6.45) is 3.26. The zero-order valence-electron chi connectivity index (χ0n) is 15.3. The van der Waals surface area contributed by atoms with Gasteiger partial charge in [0, 0.05) is 31.1 Å². The van der Waals surface area contributed by atoms with Crippen LogP contribution in [0.25, 0.3) is 0 Å².